The van der Waals surface area contributed by atoms with E-state index in [1.54, 1.807) is 7.11 Å². The highest BCUT2D eigenvalue weighted by atomic mass is 79.9. The van der Waals surface area contributed by atoms with E-state index in [4.69, 9.17) is 9.47 Å². The molecule has 0 radical (unpaired) electrons. The van der Waals surface area contributed by atoms with E-state index in [0.29, 0.717) is 30.7 Å². The van der Waals surface area contributed by atoms with Crippen LogP contribution in [0.1, 0.15) is 49.7 Å². The summed E-state index contributed by atoms with van der Waals surface area (Å²) < 4.78 is 11.8. The topological polar surface area (TPSA) is 64.6 Å². The fourth-order valence-corrected chi connectivity index (χ4v) is 5.25. The van der Waals surface area contributed by atoms with E-state index in [2.05, 4.69) is 27.8 Å². The molecule has 3 atom stereocenters. The Hall–Kier alpha value is -2.86. The molecule has 0 fully saturated rings. The highest BCUT2D eigenvalue weighted by molar-refractivity contribution is 9.10. The standard InChI is InChI=1S/C28H30BrNO4/c1-16(2)15-34-28(32)25-17(3)30-23-13-20(18-8-10-22(33-4)11-9-18)14-24(31)27(23)26(25)19-6-5-7-21(29)12-19/h5-12,16,20,25-26,30H,3,13-15H2,1-2,4H3. The monoisotopic (exact) mass is 523 g/mol. The van der Waals surface area contributed by atoms with Gasteiger partial charge in [0.25, 0.3) is 0 Å². The van der Waals surface area contributed by atoms with Gasteiger partial charge in [-0.05, 0) is 53.6 Å². The Kier molecular flexibility index (Phi) is 7.27. The molecule has 5 nitrogen and oxygen atoms in total. The van der Waals surface area contributed by atoms with Crippen molar-refractivity contribution in [2.24, 2.45) is 11.8 Å². The largest absolute Gasteiger partial charge is 0.497 e. The summed E-state index contributed by atoms with van der Waals surface area (Å²) in [7, 11) is 1.64. The second-order valence-electron chi connectivity index (χ2n) is 9.38. The zero-order chi connectivity index (χ0) is 24.4. The summed E-state index contributed by atoms with van der Waals surface area (Å²) in [4.78, 5) is 26.9. The van der Waals surface area contributed by atoms with Gasteiger partial charge >= 0.3 is 5.97 Å². The highest BCUT2D eigenvalue weighted by Crippen LogP contribution is 2.47. The van der Waals surface area contributed by atoms with Crippen molar-refractivity contribution in [1.29, 1.82) is 0 Å². The Morgan fingerprint density at radius 2 is 1.88 bits per heavy atom. The molecule has 1 heterocycles. The molecular formula is C28H30BrNO4. The molecule has 3 unspecified atom stereocenters. The highest BCUT2D eigenvalue weighted by Gasteiger charge is 2.45. The molecule has 34 heavy (non-hydrogen) atoms. The zero-order valence-electron chi connectivity index (χ0n) is 19.8. The molecule has 0 amide bonds. The summed E-state index contributed by atoms with van der Waals surface area (Å²) in [5.41, 5.74) is 4.07. The minimum absolute atomic E-state index is 0.0464. The number of allylic oxidation sites excluding steroid dienone is 2. The van der Waals surface area contributed by atoms with Gasteiger partial charge in [-0.25, -0.2) is 0 Å². The van der Waals surface area contributed by atoms with Gasteiger partial charge in [0.1, 0.15) is 11.7 Å². The number of carbonyl (C=O) groups is 2. The summed E-state index contributed by atoms with van der Waals surface area (Å²) in [5, 5.41) is 3.33. The fraction of sp³-hybridized carbons (Fsp3) is 0.357. The van der Waals surface area contributed by atoms with E-state index < -0.39 is 11.8 Å². The number of carbonyl (C=O) groups excluding carboxylic acids is 2. The first-order chi connectivity index (χ1) is 16.3. The van der Waals surface area contributed by atoms with Gasteiger partial charge < -0.3 is 14.8 Å². The molecule has 2 aliphatic rings. The molecule has 1 N–H and O–H groups in total. The molecule has 6 heteroatoms. The fourth-order valence-electron chi connectivity index (χ4n) is 4.84. The smallest absolute Gasteiger partial charge is 0.315 e. The Bertz CT molecular complexity index is 1140. The van der Waals surface area contributed by atoms with Crippen molar-refractivity contribution in [1.82, 2.24) is 5.32 Å². The average molecular weight is 524 g/mol. The summed E-state index contributed by atoms with van der Waals surface area (Å²) in [6.45, 7) is 8.51. The molecule has 0 spiro atoms. The molecule has 4 rings (SSSR count). The van der Waals surface area contributed by atoms with Crippen molar-refractivity contribution in [2.75, 3.05) is 13.7 Å². The molecule has 2 aromatic carbocycles. The van der Waals surface area contributed by atoms with Crippen LogP contribution < -0.4 is 10.1 Å². The lowest BCUT2D eigenvalue weighted by Gasteiger charge is -2.40. The van der Waals surface area contributed by atoms with Gasteiger partial charge in [-0.3, -0.25) is 9.59 Å². The van der Waals surface area contributed by atoms with Crippen molar-refractivity contribution < 1.29 is 19.1 Å². The van der Waals surface area contributed by atoms with E-state index in [1.807, 2.05) is 62.4 Å². The number of nitrogens with one attached hydrogen (secondary N) is 1. The quantitative estimate of drug-likeness (QED) is 0.479. The number of halogens is 1. The Morgan fingerprint density at radius 3 is 2.53 bits per heavy atom. The van der Waals surface area contributed by atoms with Gasteiger partial charge in [0, 0.05) is 33.8 Å². The SMILES string of the molecule is C=C1NC2=C(C(=O)CC(c3ccc(OC)cc3)C2)C(c2cccc(Br)c2)C1C(=O)OCC(C)C. The van der Waals surface area contributed by atoms with Gasteiger partial charge in [0.2, 0.25) is 0 Å². The molecule has 1 aliphatic heterocycles. The average Bonchev–Trinajstić information content (AvgIpc) is 2.81. The number of Topliss-reactive ketones (excluding diaryl/α,β-unsaturated/α-hetero) is 1. The normalized spacial score (nSPS) is 22.3. The van der Waals surface area contributed by atoms with Gasteiger partial charge in [-0.1, -0.05) is 60.6 Å². The third-order valence-corrected chi connectivity index (χ3v) is 6.94. The van der Waals surface area contributed by atoms with Crippen LogP contribution in [-0.4, -0.2) is 25.5 Å². The molecule has 0 saturated carbocycles. The van der Waals surface area contributed by atoms with Crippen molar-refractivity contribution >= 4 is 27.7 Å². The lowest BCUT2D eigenvalue weighted by atomic mass is 9.69. The number of ketones is 1. The zero-order valence-corrected chi connectivity index (χ0v) is 21.4. The van der Waals surface area contributed by atoms with Crippen LogP contribution in [0.3, 0.4) is 0 Å². The van der Waals surface area contributed by atoms with Gasteiger partial charge in [-0.2, -0.15) is 0 Å². The number of esters is 1. The predicted octanol–water partition coefficient (Wildman–Crippen LogP) is 5.87. The molecule has 1 aliphatic carbocycles. The molecule has 0 saturated heterocycles. The number of hydrogen-bond donors (Lipinski definition) is 1. The Morgan fingerprint density at radius 1 is 1.15 bits per heavy atom. The minimum atomic E-state index is -0.673. The van der Waals surface area contributed by atoms with Gasteiger partial charge in [-0.15, -0.1) is 0 Å². The number of hydrogen-bond acceptors (Lipinski definition) is 5. The lowest BCUT2D eigenvalue weighted by molar-refractivity contribution is -0.149. The molecular weight excluding hydrogens is 494 g/mol. The van der Waals surface area contributed by atoms with Crippen LogP contribution in [0.2, 0.25) is 0 Å². The summed E-state index contributed by atoms with van der Waals surface area (Å²) in [5.74, 6) is -0.369. The van der Waals surface area contributed by atoms with Gasteiger partial charge in [0.05, 0.1) is 13.7 Å². The molecule has 0 aromatic heterocycles. The Labute approximate surface area is 209 Å². The summed E-state index contributed by atoms with van der Waals surface area (Å²) in [6, 6.07) is 15.7. The van der Waals surface area contributed by atoms with Crippen LogP contribution in [0.15, 0.2) is 76.5 Å². The molecule has 0 bridgehead atoms. The van der Waals surface area contributed by atoms with E-state index in [-0.39, 0.29) is 23.6 Å². The van der Waals surface area contributed by atoms with Crippen LogP contribution in [-0.2, 0) is 14.3 Å². The number of ether oxygens (including phenoxy) is 2. The van der Waals surface area contributed by atoms with Crippen molar-refractivity contribution in [3.8, 4) is 5.75 Å². The van der Waals surface area contributed by atoms with Crippen molar-refractivity contribution in [3.63, 3.8) is 0 Å². The van der Waals surface area contributed by atoms with Crippen molar-refractivity contribution in [2.45, 2.75) is 38.5 Å². The maximum Gasteiger partial charge on any atom is 0.315 e. The van der Waals surface area contributed by atoms with Gasteiger partial charge in [0.15, 0.2) is 5.78 Å². The second-order valence-corrected chi connectivity index (χ2v) is 10.3. The third kappa shape index (κ3) is 4.97. The van der Waals surface area contributed by atoms with Crippen LogP contribution in [0.4, 0.5) is 0 Å². The first-order valence-electron chi connectivity index (χ1n) is 11.6. The van der Waals surface area contributed by atoms with E-state index in [0.717, 1.165) is 27.0 Å². The summed E-state index contributed by atoms with van der Waals surface area (Å²) in [6.07, 6.45) is 1.06. The van der Waals surface area contributed by atoms with Crippen LogP contribution in [0.5, 0.6) is 5.75 Å². The number of methoxy groups -OCH3 is 1. The maximum atomic E-state index is 13.6. The minimum Gasteiger partial charge on any atom is -0.497 e. The van der Waals surface area contributed by atoms with Crippen LogP contribution in [0, 0.1) is 11.8 Å². The third-order valence-electron chi connectivity index (χ3n) is 6.45. The van der Waals surface area contributed by atoms with Crippen LogP contribution in [0.25, 0.3) is 0 Å². The van der Waals surface area contributed by atoms with E-state index in [9.17, 15) is 9.59 Å². The summed E-state index contributed by atoms with van der Waals surface area (Å²) >= 11 is 3.54. The number of rotatable bonds is 6. The van der Waals surface area contributed by atoms with Crippen molar-refractivity contribution in [3.05, 3.63) is 87.7 Å². The lowest BCUT2D eigenvalue weighted by Crippen LogP contribution is -2.42. The van der Waals surface area contributed by atoms with Crippen LogP contribution >= 0.6 is 15.9 Å². The Balaban J connectivity index is 1.73. The first-order valence-corrected chi connectivity index (χ1v) is 12.4. The second kappa shape index (κ2) is 10.2. The molecule has 2 aromatic rings. The van der Waals surface area contributed by atoms with E-state index >= 15 is 0 Å². The number of benzene rings is 2. The first kappa shape index (κ1) is 24.3. The molecule has 178 valence electrons. The maximum absolute atomic E-state index is 13.6. The predicted molar refractivity (Wildman–Crippen MR) is 135 cm³/mol. The van der Waals surface area contributed by atoms with E-state index in [1.165, 1.54) is 0 Å².